The van der Waals surface area contributed by atoms with Crippen molar-refractivity contribution in [3.05, 3.63) is 68.1 Å². The second-order valence-corrected chi connectivity index (χ2v) is 6.33. The van der Waals surface area contributed by atoms with E-state index in [0.717, 1.165) is 15.4 Å². The van der Waals surface area contributed by atoms with Gasteiger partial charge in [0, 0.05) is 15.0 Å². The number of hydrogen-bond donors (Lipinski definition) is 2. The smallest absolute Gasteiger partial charge is 0.0500 e. The topological polar surface area (TPSA) is 38.0 Å². The number of halogens is 2. The molecule has 2 aromatic rings. The van der Waals surface area contributed by atoms with E-state index in [2.05, 4.69) is 74.5 Å². The average molecular weight is 384 g/mol. The van der Waals surface area contributed by atoms with E-state index < -0.39 is 0 Å². The Balaban J connectivity index is 2.22. The summed E-state index contributed by atoms with van der Waals surface area (Å²) in [4.78, 5) is 0. The SMILES string of the molecule is Cc1cc(C(Cc2cccc(Br)c2)NN)ccc1Br. The van der Waals surface area contributed by atoms with Crippen molar-refractivity contribution in [2.45, 2.75) is 19.4 Å². The van der Waals surface area contributed by atoms with Gasteiger partial charge in [0.05, 0.1) is 0 Å². The Hall–Kier alpha value is -0.680. The van der Waals surface area contributed by atoms with Crippen molar-refractivity contribution in [1.29, 1.82) is 0 Å². The summed E-state index contributed by atoms with van der Waals surface area (Å²) in [5, 5.41) is 0. The first-order valence-electron chi connectivity index (χ1n) is 6.07. The fourth-order valence-corrected chi connectivity index (χ4v) is 2.75. The van der Waals surface area contributed by atoms with Gasteiger partial charge in [0.25, 0.3) is 0 Å². The average Bonchev–Trinajstić information content (AvgIpc) is 2.39. The highest BCUT2D eigenvalue weighted by atomic mass is 79.9. The zero-order chi connectivity index (χ0) is 13.8. The molecule has 0 spiro atoms. The third-order valence-electron chi connectivity index (χ3n) is 3.11. The summed E-state index contributed by atoms with van der Waals surface area (Å²) in [5.41, 5.74) is 6.56. The van der Waals surface area contributed by atoms with Crippen LogP contribution in [0.1, 0.15) is 22.7 Å². The van der Waals surface area contributed by atoms with Crippen LogP contribution >= 0.6 is 31.9 Å². The maximum Gasteiger partial charge on any atom is 0.0500 e. The maximum absolute atomic E-state index is 5.71. The Kier molecular flexibility index (Phi) is 5.16. The Morgan fingerprint density at radius 3 is 2.58 bits per heavy atom. The third-order valence-corrected chi connectivity index (χ3v) is 4.50. The molecule has 3 N–H and O–H groups in total. The van der Waals surface area contributed by atoms with Crippen molar-refractivity contribution < 1.29 is 0 Å². The zero-order valence-electron chi connectivity index (χ0n) is 10.7. The van der Waals surface area contributed by atoms with Crippen LogP contribution in [0, 0.1) is 6.92 Å². The molecule has 2 aromatic carbocycles. The van der Waals surface area contributed by atoms with Gasteiger partial charge in [-0.3, -0.25) is 11.3 Å². The lowest BCUT2D eigenvalue weighted by molar-refractivity contribution is 0.551. The number of benzene rings is 2. The van der Waals surface area contributed by atoms with Crippen molar-refractivity contribution >= 4 is 31.9 Å². The van der Waals surface area contributed by atoms with Gasteiger partial charge in [-0.2, -0.15) is 0 Å². The molecule has 2 nitrogen and oxygen atoms in total. The fourth-order valence-electron chi connectivity index (χ4n) is 2.06. The van der Waals surface area contributed by atoms with Gasteiger partial charge in [-0.25, -0.2) is 0 Å². The van der Waals surface area contributed by atoms with Gasteiger partial charge in [-0.1, -0.05) is 56.1 Å². The minimum absolute atomic E-state index is 0.112. The molecule has 0 saturated carbocycles. The van der Waals surface area contributed by atoms with Crippen molar-refractivity contribution in [3.63, 3.8) is 0 Å². The third kappa shape index (κ3) is 3.89. The van der Waals surface area contributed by atoms with Crippen LogP contribution in [0.25, 0.3) is 0 Å². The quantitative estimate of drug-likeness (QED) is 0.611. The van der Waals surface area contributed by atoms with E-state index in [1.807, 2.05) is 12.1 Å². The Bertz CT molecular complexity index is 570. The largest absolute Gasteiger partial charge is 0.271 e. The summed E-state index contributed by atoms with van der Waals surface area (Å²) < 4.78 is 2.21. The highest BCUT2D eigenvalue weighted by molar-refractivity contribution is 9.10. The molecule has 0 saturated heterocycles. The molecule has 1 atom stereocenters. The second kappa shape index (κ2) is 6.66. The molecule has 0 radical (unpaired) electrons. The normalized spacial score (nSPS) is 12.4. The molecule has 100 valence electrons. The zero-order valence-corrected chi connectivity index (χ0v) is 13.8. The molecule has 4 heteroatoms. The molecule has 0 aromatic heterocycles. The van der Waals surface area contributed by atoms with E-state index in [1.165, 1.54) is 16.7 Å². The van der Waals surface area contributed by atoms with E-state index in [4.69, 9.17) is 5.84 Å². The van der Waals surface area contributed by atoms with Crippen LogP contribution in [-0.2, 0) is 6.42 Å². The van der Waals surface area contributed by atoms with E-state index >= 15 is 0 Å². The number of nitrogens with one attached hydrogen (secondary N) is 1. The van der Waals surface area contributed by atoms with E-state index in [9.17, 15) is 0 Å². The summed E-state index contributed by atoms with van der Waals surface area (Å²) in [5.74, 6) is 5.71. The number of nitrogens with two attached hydrogens (primary N) is 1. The number of aryl methyl sites for hydroxylation is 1. The number of hydrogen-bond acceptors (Lipinski definition) is 2. The number of hydrazine groups is 1. The number of rotatable bonds is 4. The maximum atomic E-state index is 5.71. The Morgan fingerprint density at radius 1 is 1.16 bits per heavy atom. The monoisotopic (exact) mass is 382 g/mol. The lowest BCUT2D eigenvalue weighted by Gasteiger charge is -2.17. The van der Waals surface area contributed by atoms with Crippen LogP contribution < -0.4 is 11.3 Å². The fraction of sp³-hybridized carbons (Fsp3) is 0.200. The van der Waals surface area contributed by atoms with Crippen molar-refractivity contribution in [2.75, 3.05) is 0 Å². The van der Waals surface area contributed by atoms with Gasteiger partial charge in [-0.05, 0) is 48.2 Å². The van der Waals surface area contributed by atoms with E-state index in [1.54, 1.807) is 0 Å². The lowest BCUT2D eigenvalue weighted by Crippen LogP contribution is -2.29. The molecule has 0 aliphatic heterocycles. The predicted molar refractivity (Wildman–Crippen MR) is 86.8 cm³/mol. The van der Waals surface area contributed by atoms with Crippen LogP contribution in [0.2, 0.25) is 0 Å². The van der Waals surface area contributed by atoms with Crippen molar-refractivity contribution in [2.24, 2.45) is 5.84 Å². The Morgan fingerprint density at radius 2 is 1.95 bits per heavy atom. The highest BCUT2D eigenvalue weighted by Crippen LogP contribution is 2.24. The van der Waals surface area contributed by atoms with Crippen LogP contribution in [-0.4, -0.2) is 0 Å². The molecule has 0 fully saturated rings. The van der Waals surface area contributed by atoms with Crippen LogP contribution in [0.3, 0.4) is 0 Å². The first-order valence-corrected chi connectivity index (χ1v) is 7.65. The first kappa shape index (κ1) is 14.7. The van der Waals surface area contributed by atoms with E-state index in [0.29, 0.717) is 0 Å². The second-order valence-electron chi connectivity index (χ2n) is 4.56. The van der Waals surface area contributed by atoms with Gasteiger partial charge in [0.2, 0.25) is 0 Å². The molecule has 0 amide bonds. The van der Waals surface area contributed by atoms with Gasteiger partial charge < -0.3 is 0 Å². The van der Waals surface area contributed by atoms with E-state index in [-0.39, 0.29) is 6.04 Å². The minimum Gasteiger partial charge on any atom is -0.271 e. The summed E-state index contributed by atoms with van der Waals surface area (Å²) in [6, 6.07) is 14.7. The molecular formula is C15H16Br2N2. The summed E-state index contributed by atoms with van der Waals surface area (Å²) >= 11 is 7.01. The molecule has 0 heterocycles. The van der Waals surface area contributed by atoms with Gasteiger partial charge in [0.15, 0.2) is 0 Å². The molecule has 0 bridgehead atoms. The summed E-state index contributed by atoms with van der Waals surface area (Å²) in [7, 11) is 0. The Labute approximate surface area is 130 Å². The van der Waals surface area contributed by atoms with Crippen LogP contribution in [0.15, 0.2) is 51.4 Å². The molecule has 0 aliphatic rings. The van der Waals surface area contributed by atoms with Gasteiger partial charge in [-0.15, -0.1) is 0 Å². The van der Waals surface area contributed by atoms with Crippen LogP contribution in [0.5, 0.6) is 0 Å². The minimum atomic E-state index is 0.112. The van der Waals surface area contributed by atoms with Gasteiger partial charge >= 0.3 is 0 Å². The summed E-state index contributed by atoms with van der Waals surface area (Å²) in [6.07, 6.45) is 0.858. The molecular weight excluding hydrogens is 368 g/mol. The predicted octanol–water partition coefficient (Wildman–Crippen LogP) is 4.27. The van der Waals surface area contributed by atoms with Gasteiger partial charge in [0.1, 0.15) is 0 Å². The molecule has 0 aliphatic carbocycles. The van der Waals surface area contributed by atoms with Crippen LogP contribution in [0.4, 0.5) is 0 Å². The molecule has 2 rings (SSSR count). The molecule has 19 heavy (non-hydrogen) atoms. The molecule has 1 unspecified atom stereocenters. The first-order chi connectivity index (χ1) is 9.10. The van der Waals surface area contributed by atoms with Crippen molar-refractivity contribution in [1.82, 2.24) is 5.43 Å². The summed E-state index contributed by atoms with van der Waals surface area (Å²) in [6.45, 7) is 2.08. The van der Waals surface area contributed by atoms with Crippen molar-refractivity contribution in [3.8, 4) is 0 Å². The standard InChI is InChI=1S/C15H16Br2N2/c1-10-7-12(5-6-14(10)17)15(19-18)9-11-3-2-4-13(16)8-11/h2-8,15,19H,9,18H2,1H3. The lowest BCUT2D eigenvalue weighted by atomic mass is 9.98. The highest BCUT2D eigenvalue weighted by Gasteiger charge is 2.11.